The molecule has 2 rings (SSSR count). The van der Waals surface area contributed by atoms with Crippen LogP contribution in [0.1, 0.15) is 55.4 Å². The predicted octanol–water partition coefficient (Wildman–Crippen LogP) is 1.69. The minimum absolute atomic E-state index is 0.0167. The minimum atomic E-state index is -0.294. The van der Waals surface area contributed by atoms with Crippen molar-refractivity contribution in [3.8, 4) is 0 Å². The summed E-state index contributed by atoms with van der Waals surface area (Å²) in [5, 5.41) is 13.5. The second-order valence-corrected chi connectivity index (χ2v) is 4.71. The second kappa shape index (κ2) is 4.97. The monoisotopic (exact) mass is 223 g/mol. The summed E-state index contributed by atoms with van der Waals surface area (Å²) < 4.78 is 2.10. The van der Waals surface area contributed by atoms with Crippen molar-refractivity contribution in [3.05, 3.63) is 17.5 Å². The van der Waals surface area contributed by atoms with Gasteiger partial charge in [-0.05, 0) is 19.8 Å². The highest BCUT2D eigenvalue weighted by atomic mass is 16.3. The van der Waals surface area contributed by atoms with Crippen LogP contribution >= 0.6 is 0 Å². The predicted molar refractivity (Wildman–Crippen MR) is 63.1 cm³/mol. The van der Waals surface area contributed by atoms with Crippen molar-refractivity contribution in [1.29, 1.82) is 0 Å². The number of nitrogens with two attached hydrogens (primary N) is 1. The quantitative estimate of drug-likeness (QED) is 0.819. The van der Waals surface area contributed by atoms with Gasteiger partial charge in [-0.15, -0.1) is 0 Å². The van der Waals surface area contributed by atoms with E-state index in [-0.39, 0.29) is 12.6 Å². The molecule has 0 radical (unpaired) electrons. The first-order valence-electron chi connectivity index (χ1n) is 6.14. The van der Waals surface area contributed by atoms with E-state index in [1.807, 2.05) is 13.1 Å². The number of hydrogen-bond acceptors (Lipinski definition) is 3. The van der Waals surface area contributed by atoms with Crippen LogP contribution < -0.4 is 5.73 Å². The maximum Gasteiger partial charge on any atom is 0.0625 e. The van der Waals surface area contributed by atoms with E-state index in [1.165, 1.54) is 32.1 Å². The number of aromatic nitrogens is 2. The van der Waals surface area contributed by atoms with Gasteiger partial charge in [0, 0.05) is 11.3 Å². The van der Waals surface area contributed by atoms with Crippen molar-refractivity contribution in [2.45, 2.75) is 51.1 Å². The molecule has 1 unspecified atom stereocenters. The molecule has 0 bridgehead atoms. The van der Waals surface area contributed by atoms with Crippen LogP contribution in [0.4, 0.5) is 0 Å². The molecular formula is C12H21N3O. The van der Waals surface area contributed by atoms with Crippen LogP contribution in [0.3, 0.4) is 0 Å². The van der Waals surface area contributed by atoms with Gasteiger partial charge in [0.1, 0.15) is 0 Å². The van der Waals surface area contributed by atoms with Crippen molar-refractivity contribution < 1.29 is 5.11 Å². The van der Waals surface area contributed by atoms with Crippen LogP contribution in [0.5, 0.6) is 0 Å². The van der Waals surface area contributed by atoms with E-state index < -0.39 is 0 Å². The lowest BCUT2D eigenvalue weighted by atomic mass is 9.95. The molecule has 0 saturated heterocycles. The summed E-state index contributed by atoms with van der Waals surface area (Å²) in [6, 6.07) is 0.241. The summed E-state index contributed by atoms with van der Waals surface area (Å²) in [4.78, 5) is 0. The first kappa shape index (κ1) is 11.6. The summed E-state index contributed by atoms with van der Waals surface area (Å²) in [5.41, 5.74) is 7.93. The third kappa shape index (κ3) is 2.13. The Labute approximate surface area is 96.5 Å². The van der Waals surface area contributed by atoms with Gasteiger partial charge >= 0.3 is 0 Å². The van der Waals surface area contributed by atoms with E-state index in [4.69, 9.17) is 10.8 Å². The molecule has 1 fully saturated rings. The van der Waals surface area contributed by atoms with Crippen molar-refractivity contribution in [3.63, 3.8) is 0 Å². The van der Waals surface area contributed by atoms with E-state index in [0.29, 0.717) is 6.04 Å². The van der Waals surface area contributed by atoms with Crippen LogP contribution in [0.2, 0.25) is 0 Å². The zero-order valence-electron chi connectivity index (χ0n) is 9.89. The molecule has 1 aliphatic rings. The summed E-state index contributed by atoms with van der Waals surface area (Å²) in [6.07, 6.45) is 8.19. The van der Waals surface area contributed by atoms with E-state index in [9.17, 15) is 0 Å². The van der Waals surface area contributed by atoms with Gasteiger partial charge in [0.15, 0.2) is 0 Å². The second-order valence-electron chi connectivity index (χ2n) is 4.71. The van der Waals surface area contributed by atoms with Gasteiger partial charge in [0.25, 0.3) is 0 Å². The molecule has 1 aromatic heterocycles. The van der Waals surface area contributed by atoms with Crippen molar-refractivity contribution in [1.82, 2.24) is 9.78 Å². The molecule has 1 atom stereocenters. The maximum atomic E-state index is 9.07. The molecule has 16 heavy (non-hydrogen) atoms. The Morgan fingerprint density at radius 1 is 1.50 bits per heavy atom. The molecule has 1 heterocycles. The summed E-state index contributed by atoms with van der Waals surface area (Å²) in [7, 11) is 0. The summed E-state index contributed by atoms with van der Waals surface area (Å²) in [6.45, 7) is 2.03. The highest BCUT2D eigenvalue weighted by Gasteiger charge is 2.20. The minimum Gasteiger partial charge on any atom is -0.394 e. The largest absolute Gasteiger partial charge is 0.394 e. The first-order chi connectivity index (χ1) is 7.74. The Balaban J connectivity index is 2.18. The smallest absolute Gasteiger partial charge is 0.0625 e. The highest BCUT2D eigenvalue weighted by molar-refractivity contribution is 5.20. The molecule has 4 heteroatoms. The topological polar surface area (TPSA) is 64.1 Å². The zero-order chi connectivity index (χ0) is 11.5. The first-order valence-corrected chi connectivity index (χ1v) is 6.14. The van der Waals surface area contributed by atoms with Gasteiger partial charge < -0.3 is 10.8 Å². The fourth-order valence-electron chi connectivity index (χ4n) is 2.59. The van der Waals surface area contributed by atoms with E-state index >= 15 is 0 Å². The fourth-order valence-corrected chi connectivity index (χ4v) is 2.59. The normalized spacial score (nSPS) is 19.9. The van der Waals surface area contributed by atoms with Gasteiger partial charge in [0.05, 0.1) is 24.9 Å². The average Bonchev–Trinajstić information content (AvgIpc) is 2.71. The fraction of sp³-hybridized carbons (Fsp3) is 0.750. The Kier molecular flexibility index (Phi) is 3.61. The third-order valence-electron chi connectivity index (χ3n) is 3.60. The standard InChI is InChI=1S/C12H21N3O/c1-9-11(12(13)8-16)7-14-15(9)10-5-3-2-4-6-10/h7,10,12,16H,2-6,8,13H2,1H3. The maximum absolute atomic E-state index is 9.07. The lowest BCUT2D eigenvalue weighted by molar-refractivity contribution is 0.267. The van der Waals surface area contributed by atoms with Gasteiger partial charge in [-0.1, -0.05) is 19.3 Å². The third-order valence-corrected chi connectivity index (χ3v) is 3.60. The van der Waals surface area contributed by atoms with E-state index in [0.717, 1.165) is 11.3 Å². The van der Waals surface area contributed by atoms with Crippen molar-refractivity contribution in [2.75, 3.05) is 6.61 Å². The van der Waals surface area contributed by atoms with Crippen molar-refractivity contribution >= 4 is 0 Å². The number of aliphatic hydroxyl groups is 1. The molecule has 0 aliphatic heterocycles. The molecule has 4 nitrogen and oxygen atoms in total. The number of aliphatic hydroxyl groups excluding tert-OH is 1. The van der Waals surface area contributed by atoms with E-state index in [2.05, 4.69) is 9.78 Å². The van der Waals surface area contributed by atoms with Gasteiger partial charge in [-0.3, -0.25) is 4.68 Å². The molecule has 0 aromatic carbocycles. The van der Waals surface area contributed by atoms with Gasteiger partial charge in [0.2, 0.25) is 0 Å². The van der Waals surface area contributed by atoms with E-state index in [1.54, 1.807) is 0 Å². The average molecular weight is 223 g/mol. The summed E-state index contributed by atoms with van der Waals surface area (Å²) >= 11 is 0. The lowest BCUT2D eigenvalue weighted by Crippen LogP contribution is -2.18. The van der Waals surface area contributed by atoms with Gasteiger partial charge in [-0.25, -0.2) is 0 Å². The SMILES string of the molecule is Cc1c(C(N)CO)cnn1C1CCCCC1. The Hall–Kier alpha value is -0.870. The van der Waals surface area contributed by atoms with Crippen LogP contribution in [0, 0.1) is 6.92 Å². The lowest BCUT2D eigenvalue weighted by Gasteiger charge is -2.23. The van der Waals surface area contributed by atoms with Crippen LogP contribution in [0.25, 0.3) is 0 Å². The molecule has 1 aromatic rings. The molecule has 90 valence electrons. The number of rotatable bonds is 3. The van der Waals surface area contributed by atoms with Crippen LogP contribution in [-0.2, 0) is 0 Å². The molecule has 3 N–H and O–H groups in total. The van der Waals surface area contributed by atoms with Gasteiger partial charge in [-0.2, -0.15) is 5.10 Å². The zero-order valence-corrected chi connectivity index (χ0v) is 9.89. The molecular weight excluding hydrogens is 202 g/mol. The Morgan fingerprint density at radius 2 is 2.19 bits per heavy atom. The molecule has 0 amide bonds. The van der Waals surface area contributed by atoms with Crippen molar-refractivity contribution in [2.24, 2.45) is 5.73 Å². The Bertz CT molecular complexity index is 342. The molecule has 1 saturated carbocycles. The van der Waals surface area contributed by atoms with Crippen LogP contribution in [0.15, 0.2) is 6.20 Å². The summed E-state index contributed by atoms with van der Waals surface area (Å²) in [5.74, 6) is 0. The molecule has 0 spiro atoms. The number of nitrogens with zero attached hydrogens (tertiary/aromatic N) is 2. The molecule has 1 aliphatic carbocycles. The Morgan fingerprint density at radius 3 is 2.81 bits per heavy atom. The van der Waals surface area contributed by atoms with Crippen LogP contribution in [-0.4, -0.2) is 21.5 Å². The number of hydrogen-bond donors (Lipinski definition) is 2. The highest BCUT2D eigenvalue weighted by Crippen LogP contribution is 2.29.